The number of rotatable bonds is 1. The van der Waals surface area contributed by atoms with E-state index >= 15 is 0 Å². The molecule has 0 atom stereocenters. The van der Waals surface area contributed by atoms with Gasteiger partial charge in [-0.15, -0.1) is 0 Å². The Morgan fingerprint density at radius 2 is 2.05 bits per heavy atom. The van der Waals surface area contributed by atoms with E-state index in [9.17, 15) is 4.79 Å². The molecule has 0 N–H and O–H groups in total. The molecule has 1 aliphatic rings. The third-order valence-corrected chi connectivity index (χ3v) is 3.73. The zero-order valence-electron chi connectivity index (χ0n) is 11.4. The van der Waals surface area contributed by atoms with Crippen molar-refractivity contribution < 1.29 is 4.79 Å². The zero-order valence-corrected chi connectivity index (χ0v) is 12.1. The van der Waals surface area contributed by atoms with Crippen molar-refractivity contribution in [1.29, 1.82) is 0 Å². The lowest BCUT2D eigenvalue weighted by Gasteiger charge is -2.29. The molecule has 0 unspecified atom stereocenters. The molecule has 102 valence electrons. The average molecular weight is 288 g/mol. The Labute approximate surface area is 122 Å². The Morgan fingerprint density at radius 1 is 1.25 bits per heavy atom. The van der Waals surface area contributed by atoms with E-state index in [1.807, 2.05) is 0 Å². The molecule has 0 radical (unpaired) electrons. The SMILES string of the molecule is CC1(C)CC(=O)c2cnc(-c3ncccc3Cl)nc2C1. The Balaban J connectivity index is 2.10. The van der Waals surface area contributed by atoms with Crippen LogP contribution in [0.25, 0.3) is 11.5 Å². The Kier molecular flexibility index (Phi) is 3.05. The highest BCUT2D eigenvalue weighted by molar-refractivity contribution is 6.32. The number of fused-ring (bicyclic) bond motifs is 1. The van der Waals surface area contributed by atoms with Crippen LogP contribution >= 0.6 is 11.6 Å². The Hall–Kier alpha value is -1.81. The van der Waals surface area contributed by atoms with Gasteiger partial charge in [-0.25, -0.2) is 9.97 Å². The van der Waals surface area contributed by atoms with Crippen molar-refractivity contribution in [2.75, 3.05) is 0 Å². The molecule has 0 bridgehead atoms. The number of hydrogen-bond donors (Lipinski definition) is 0. The van der Waals surface area contributed by atoms with E-state index in [0.717, 1.165) is 12.1 Å². The normalized spacial score (nSPS) is 16.9. The van der Waals surface area contributed by atoms with E-state index in [1.54, 1.807) is 24.5 Å². The smallest absolute Gasteiger partial charge is 0.179 e. The van der Waals surface area contributed by atoms with Crippen molar-refractivity contribution >= 4 is 17.4 Å². The highest BCUT2D eigenvalue weighted by Gasteiger charge is 2.32. The molecule has 0 aromatic carbocycles. The van der Waals surface area contributed by atoms with Gasteiger partial charge in [0.25, 0.3) is 0 Å². The number of pyridine rings is 1. The lowest BCUT2D eigenvalue weighted by molar-refractivity contribution is 0.0910. The summed E-state index contributed by atoms with van der Waals surface area (Å²) in [7, 11) is 0. The van der Waals surface area contributed by atoms with Crippen LogP contribution in [0.15, 0.2) is 24.5 Å². The molecule has 2 heterocycles. The molecule has 3 rings (SSSR count). The van der Waals surface area contributed by atoms with Crippen molar-refractivity contribution in [3.63, 3.8) is 0 Å². The van der Waals surface area contributed by atoms with Crippen LogP contribution in [-0.2, 0) is 6.42 Å². The maximum atomic E-state index is 12.1. The van der Waals surface area contributed by atoms with Crippen LogP contribution in [0.1, 0.15) is 36.3 Å². The number of aromatic nitrogens is 3. The highest BCUT2D eigenvalue weighted by Crippen LogP contribution is 2.34. The molecule has 0 fully saturated rings. The largest absolute Gasteiger partial charge is 0.294 e. The summed E-state index contributed by atoms with van der Waals surface area (Å²) in [5.74, 6) is 0.578. The van der Waals surface area contributed by atoms with Gasteiger partial charge in [0.05, 0.1) is 16.3 Å². The fraction of sp³-hybridized carbons (Fsp3) is 0.333. The first-order valence-electron chi connectivity index (χ1n) is 6.46. The van der Waals surface area contributed by atoms with Crippen molar-refractivity contribution in [1.82, 2.24) is 15.0 Å². The molecule has 1 aliphatic carbocycles. The molecule has 0 saturated heterocycles. The maximum absolute atomic E-state index is 12.1. The zero-order chi connectivity index (χ0) is 14.3. The summed E-state index contributed by atoms with van der Waals surface area (Å²) in [6.07, 6.45) is 4.54. The standard InChI is InChI=1S/C15H14ClN3O/c1-15(2)6-11-9(12(20)7-15)8-18-14(19-11)13-10(16)4-3-5-17-13/h3-5,8H,6-7H2,1-2H3. The molecule has 0 spiro atoms. The van der Waals surface area contributed by atoms with Crippen LogP contribution in [-0.4, -0.2) is 20.7 Å². The average Bonchev–Trinajstić information content (AvgIpc) is 2.37. The number of nitrogens with zero attached hydrogens (tertiary/aromatic N) is 3. The quantitative estimate of drug-likeness (QED) is 0.807. The number of halogens is 1. The fourth-order valence-electron chi connectivity index (χ4n) is 2.49. The number of ketones is 1. The number of carbonyl (C=O) groups is 1. The van der Waals surface area contributed by atoms with Crippen molar-refractivity contribution in [3.05, 3.63) is 40.8 Å². The Bertz CT molecular complexity index is 697. The second-order valence-corrected chi connectivity index (χ2v) is 6.24. The third kappa shape index (κ3) is 2.31. The molecule has 0 amide bonds. The van der Waals surface area contributed by atoms with Gasteiger partial charge in [-0.1, -0.05) is 25.4 Å². The first-order valence-corrected chi connectivity index (χ1v) is 6.84. The van der Waals surface area contributed by atoms with E-state index in [0.29, 0.717) is 28.5 Å². The van der Waals surface area contributed by atoms with Gasteiger partial charge in [0.2, 0.25) is 0 Å². The lowest BCUT2D eigenvalue weighted by atomic mass is 9.76. The van der Waals surface area contributed by atoms with Crippen LogP contribution in [0.3, 0.4) is 0 Å². The van der Waals surface area contributed by atoms with Crippen LogP contribution in [0.5, 0.6) is 0 Å². The minimum absolute atomic E-state index is 0.0659. The van der Waals surface area contributed by atoms with Gasteiger partial charge in [-0.3, -0.25) is 9.78 Å². The minimum atomic E-state index is -0.0659. The highest BCUT2D eigenvalue weighted by atomic mass is 35.5. The molecule has 20 heavy (non-hydrogen) atoms. The van der Waals surface area contributed by atoms with Gasteiger partial charge >= 0.3 is 0 Å². The second-order valence-electron chi connectivity index (χ2n) is 5.83. The van der Waals surface area contributed by atoms with Gasteiger partial charge in [-0.2, -0.15) is 0 Å². The van der Waals surface area contributed by atoms with Crippen LogP contribution in [0, 0.1) is 5.41 Å². The van der Waals surface area contributed by atoms with E-state index in [-0.39, 0.29) is 11.2 Å². The fourth-order valence-corrected chi connectivity index (χ4v) is 2.70. The topological polar surface area (TPSA) is 55.7 Å². The summed E-state index contributed by atoms with van der Waals surface area (Å²) in [5.41, 5.74) is 1.90. The second kappa shape index (κ2) is 4.63. The van der Waals surface area contributed by atoms with Gasteiger partial charge < -0.3 is 0 Å². The summed E-state index contributed by atoms with van der Waals surface area (Å²) in [4.78, 5) is 25.1. The van der Waals surface area contributed by atoms with Crippen molar-refractivity contribution in [3.8, 4) is 11.5 Å². The predicted molar refractivity (Wildman–Crippen MR) is 76.7 cm³/mol. The van der Waals surface area contributed by atoms with E-state index in [1.165, 1.54) is 0 Å². The van der Waals surface area contributed by atoms with Crippen LogP contribution in [0.4, 0.5) is 0 Å². The van der Waals surface area contributed by atoms with E-state index in [2.05, 4.69) is 28.8 Å². The van der Waals surface area contributed by atoms with Crippen molar-refractivity contribution in [2.24, 2.45) is 5.41 Å². The molecular formula is C15H14ClN3O. The van der Waals surface area contributed by atoms with Gasteiger partial charge in [0.15, 0.2) is 11.6 Å². The lowest BCUT2D eigenvalue weighted by Crippen LogP contribution is -2.28. The van der Waals surface area contributed by atoms with Gasteiger partial charge in [-0.05, 0) is 24.0 Å². The molecule has 0 saturated carbocycles. The molecular weight excluding hydrogens is 274 g/mol. The Morgan fingerprint density at radius 3 is 2.80 bits per heavy atom. The number of hydrogen-bond acceptors (Lipinski definition) is 4. The van der Waals surface area contributed by atoms with E-state index < -0.39 is 0 Å². The number of carbonyl (C=O) groups excluding carboxylic acids is 1. The summed E-state index contributed by atoms with van der Waals surface area (Å²) in [6, 6.07) is 3.51. The molecule has 2 aromatic rings. The van der Waals surface area contributed by atoms with E-state index in [4.69, 9.17) is 11.6 Å². The molecule has 0 aliphatic heterocycles. The third-order valence-electron chi connectivity index (χ3n) is 3.42. The summed E-state index contributed by atoms with van der Waals surface area (Å²) < 4.78 is 0. The first kappa shape index (κ1) is 13.2. The minimum Gasteiger partial charge on any atom is -0.294 e. The van der Waals surface area contributed by atoms with Crippen LogP contribution < -0.4 is 0 Å². The van der Waals surface area contributed by atoms with Crippen LogP contribution in [0.2, 0.25) is 5.02 Å². The molecule has 2 aromatic heterocycles. The summed E-state index contributed by atoms with van der Waals surface area (Å²) >= 11 is 6.12. The maximum Gasteiger partial charge on any atom is 0.179 e. The summed E-state index contributed by atoms with van der Waals surface area (Å²) in [6.45, 7) is 4.15. The van der Waals surface area contributed by atoms with Gasteiger partial charge in [0.1, 0.15) is 5.69 Å². The predicted octanol–water partition coefficient (Wildman–Crippen LogP) is 3.35. The summed E-state index contributed by atoms with van der Waals surface area (Å²) in [5, 5.41) is 0.508. The van der Waals surface area contributed by atoms with Crippen molar-refractivity contribution in [2.45, 2.75) is 26.7 Å². The van der Waals surface area contributed by atoms with Gasteiger partial charge in [0, 0.05) is 18.8 Å². The molecule has 5 heteroatoms. The first-order chi connectivity index (χ1) is 9.46. The molecule has 4 nitrogen and oxygen atoms in total. The number of Topliss-reactive ketones (excluding diaryl/α,β-unsaturated/α-hetero) is 1. The monoisotopic (exact) mass is 287 g/mol.